The first-order valence-electron chi connectivity index (χ1n) is 9.59. The minimum absolute atomic E-state index is 0.0336. The molecule has 2 heterocycles. The van der Waals surface area contributed by atoms with E-state index in [-0.39, 0.29) is 43.4 Å². The number of ether oxygens (including phenoxy) is 1. The first kappa shape index (κ1) is 20.6. The van der Waals surface area contributed by atoms with Crippen molar-refractivity contribution in [1.82, 2.24) is 10.2 Å². The fraction of sp³-hybridized carbons (Fsp3) is 0.455. The zero-order valence-corrected chi connectivity index (χ0v) is 16.8. The number of nitrogens with one attached hydrogen (secondary N) is 1. The maximum Gasteiger partial charge on any atom is 0.312 e. The molecule has 1 fully saturated rings. The second kappa shape index (κ2) is 7.70. The molecule has 0 bridgehead atoms. The highest BCUT2D eigenvalue weighted by Gasteiger charge is 2.40. The molecular formula is C22H24N2O5. The number of carbonyl (C=O) groups excluding carboxylic acids is 4. The van der Waals surface area contributed by atoms with Crippen LogP contribution in [0.2, 0.25) is 0 Å². The summed E-state index contributed by atoms with van der Waals surface area (Å²) in [5.41, 5.74) is 1.12. The predicted octanol–water partition coefficient (Wildman–Crippen LogP) is 2.28. The largest absolute Gasteiger partial charge is 0.426 e. The van der Waals surface area contributed by atoms with Crippen LogP contribution < -0.4 is 10.1 Å². The Labute approximate surface area is 169 Å². The van der Waals surface area contributed by atoms with Crippen molar-refractivity contribution in [3.8, 4) is 18.1 Å². The molecule has 2 aliphatic heterocycles. The zero-order valence-electron chi connectivity index (χ0n) is 16.8. The number of piperidine rings is 1. The van der Waals surface area contributed by atoms with Gasteiger partial charge in [-0.15, -0.1) is 12.3 Å². The van der Waals surface area contributed by atoms with Crippen molar-refractivity contribution in [3.05, 3.63) is 28.8 Å². The van der Waals surface area contributed by atoms with Crippen molar-refractivity contribution in [1.29, 1.82) is 0 Å². The quantitative estimate of drug-likeness (QED) is 0.365. The summed E-state index contributed by atoms with van der Waals surface area (Å²) in [7, 11) is 0. The van der Waals surface area contributed by atoms with Crippen molar-refractivity contribution < 1.29 is 23.9 Å². The van der Waals surface area contributed by atoms with Gasteiger partial charge in [0.1, 0.15) is 5.75 Å². The highest BCUT2D eigenvalue weighted by atomic mass is 16.5. The summed E-state index contributed by atoms with van der Waals surface area (Å²) in [4.78, 5) is 50.9. The lowest BCUT2D eigenvalue weighted by Gasteiger charge is -2.31. The Kier molecular flexibility index (Phi) is 5.47. The van der Waals surface area contributed by atoms with Crippen LogP contribution in [-0.4, -0.2) is 34.1 Å². The molecule has 0 saturated carbocycles. The number of nitrogens with zero attached hydrogens (tertiary/aromatic N) is 1. The normalized spacial score (nSPS) is 18.9. The Morgan fingerprint density at radius 3 is 2.66 bits per heavy atom. The van der Waals surface area contributed by atoms with Crippen LogP contribution in [0.5, 0.6) is 5.75 Å². The lowest BCUT2D eigenvalue weighted by molar-refractivity contribution is -0.136. The van der Waals surface area contributed by atoms with Gasteiger partial charge in [0.25, 0.3) is 5.91 Å². The van der Waals surface area contributed by atoms with E-state index in [1.54, 1.807) is 17.0 Å². The summed E-state index contributed by atoms with van der Waals surface area (Å²) in [6.45, 7) is 6.06. The van der Waals surface area contributed by atoms with Gasteiger partial charge in [0.15, 0.2) is 0 Å². The van der Waals surface area contributed by atoms with Gasteiger partial charge in [0.05, 0.1) is 18.9 Å². The highest BCUT2D eigenvalue weighted by Crippen LogP contribution is 2.41. The van der Waals surface area contributed by atoms with Crippen LogP contribution in [0.4, 0.5) is 0 Å². The summed E-state index contributed by atoms with van der Waals surface area (Å²) in [5.74, 6) is 0.571. The summed E-state index contributed by atoms with van der Waals surface area (Å²) in [6, 6.07) is 3.31. The Bertz CT molecular complexity index is 936. The van der Waals surface area contributed by atoms with Crippen molar-refractivity contribution in [2.45, 2.75) is 64.5 Å². The van der Waals surface area contributed by atoms with Gasteiger partial charge in [-0.3, -0.25) is 24.5 Å². The molecule has 0 aromatic heterocycles. The number of hydrogen-bond donors (Lipinski definition) is 1. The second-order valence-corrected chi connectivity index (χ2v) is 8.25. The summed E-state index contributed by atoms with van der Waals surface area (Å²) in [5, 5.41) is 2.33. The minimum atomic E-state index is -0.632. The predicted molar refractivity (Wildman–Crippen MR) is 105 cm³/mol. The average Bonchev–Trinajstić information content (AvgIpc) is 2.98. The Morgan fingerprint density at radius 2 is 2.03 bits per heavy atom. The Hall–Kier alpha value is -3.14. The average molecular weight is 396 g/mol. The third-order valence-electron chi connectivity index (χ3n) is 5.20. The number of fused-ring (bicyclic) bond motifs is 1. The van der Waals surface area contributed by atoms with Crippen molar-refractivity contribution in [2.24, 2.45) is 0 Å². The number of benzene rings is 1. The van der Waals surface area contributed by atoms with Gasteiger partial charge in [-0.25, -0.2) is 0 Å². The minimum Gasteiger partial charge on any atom is -0.426 e. The monoisotopic (exact) mass is 396 g/mol. The standard InChI is InChI=1S/C22H24N2O5/c1-5-6-7-18(26)29-19-13(14-10-11-17(25)23-20(14)27)8-9-15-16(19)12-24(21(15)28)22(2,3)4/h1,8-9,14H,6-7,10-12H2,2-4H3,(H,23,25,27). The number of carbonyl (C=O) groups is 4. The molecule has 1 saturated heterocycles. The Balaban J connectivity index is 2.05. The molecule has 0 aliphatic carbocycles. The van der Waals surface area contributed by atoms with Gasteiger partial charge in [-0.05, 0) is 33.3 Å². The van der Waals surface area contributed by atoms with Crippen molar-refractivity contribution in [3.63, 3.8) is 0 Å². The van der Waals surface area contributed by atoms with E-state index < -0.39 is 23.3 Å². The molecule has 0 radical (unpaired) electrons. The highest BCUT2D eigenvalue weighted by molar-refractivity contribution is 6.03. The van der Waals surface area contributed by atoms with E-state index in [0.29, 0.717) is 23.1 Å². The molecule has 3 rings (SSSR count). The molecule has 1 aromatic carbocycles. The molecule has 2 aliphatic rings. The maximum absolute atomic E-state index is 12.9. The summed E-state index contributed by atoms with van der Waals surface area (Å²) < 4.78 is 5.65. The van der Waals surface area contributed by atoms with Crippen LogP contribution in [0.15, 0.2) is 12.1 Å². The van der Waals surface area contributed by atoms with Gasteiger partial charge in [-0.1, -0.05) is 6.07 Å². The first-order valence-corrected chi connectivity index (χ1v) is 9.59. The van der Waals surface area contributed by atoms with Crippen LogP contribution in [0.25, 0.3) is 0 Å². The van der Waals surface area contributed by atoms with Crippen LogP contribution in [0.3, 0.4) is 0 Å². The van der Waals surface area contributed by atoms with Crippen molar-refractivity contribution in [2.75, 3.05) is 0 Å². The van der Waals surface area contributed by atoms with Gasteiger partial charge >= 0.3 is 5.97 Å². The molecule has 1 unspecified atom stereocenters. The van der Waals surface area contributed by atoms with E-state index in [1.807, 2.05) is 20.8 Å². The van der Waals surface area contributed by atoms with Crippen LogP contribution in [0, 0.1) is 12.3 Å². The number of imide groups is 1. The smallest absolute Gasteiger partial charge is 0.312 e. The lowest BCUT2D eigenvalue weighted by atomic mass is 9.87. The number of rotatable bonds is 4. The molecule has 1 N–H and O–H groups in total. The van der Waals surface area contributed by atoms with E-state index in [4.69, 9.17) is 11.2 Å². The molecule has 29 heavy (non-hydrogen) atoms. The molecule has 1 aromatic rings. The van der Waals surface area contributed by atoms with Gasteiger partial charge in [0.2, 0.25) is 11.8 Å². The number of amides is 3. The fourth-order valence-electron chi connectivity index (χ4n) is 3.64. The lowest BCUT2D eigenvalue weighted by Crippen LogP contribution is -2.41. The number of hydrogen-bond acceptors (Lipinski definition) is 5. The van der Waals surface area contributed by atoms with E-state index in [9.17, 15) is 19.2 Å². The molecule has 3 amide bonds. The molecular weight excluding hydrogens is 372 g/mol. The van der Waals surface area contributed by atoms with Gasteiger partial charge < -0.3 is 9.64 Å². The van der Waals surface area contributed by atoms with Crippen LogP contribution >= 0.6 is 0 Å². The van der Waals surface area contributed by atoms with Gasteiger partial charge in [-0.2, -0.15) is 0 Å². The fourth-order valence-corrected chi connectivity index (χ4v) is 3.64. The van der Waals surface area contributed by atoms with Crippen LogP contribution in [0.1, 0.15) is 73.9 Å². The third-order valence-corrected chi connectivity index (χ3v) is 5.20. The van der Waals surface area contributed by atoms with E-state index in [1.165, 1.54) is 0 Å². The molecule has 0 spiro atoms. The summed E-state index contributed by atoms with van der Waals surface area (Å²) in [6.07, 6.45) is 6.01. The SMILES string of the molecule is C#CCCC(=O)Oc1c(C2CCC(=O)NC2=O)ccc2c1CN(C(C)(C)C)C2=O. The second-order valence-electron chi connectivity index (χ2n) is 8.25. The van der Waals surface area contributed by atoms with Crippen LogP contribution in [-0.2, 0) is 20.9 Å². The summed E-state index contributed by atoms with van der Waals surface area (Å²) >= 11 is 0. The number of esters is 1. The van der Waals surface area contributed by atoms with Gasteiger partial charge in [0, 0.05) is 35.1 Å². The molecule has 1 atom stereocenters. The topological polar surface area (TPSA) is 92.8 Å². The maximum atomic E-state index is 12.9. The van der Waals surface area contributed by atoms with E-state index in [0.717, 1.165) is 0 Å². The van der Waals surface area contributed by atoms with E-state index >= 15 is 0 Å². The zero-order chi connectivity index (χ0) is 21.3. The molecule has 7 nitrogen and oxygen atoms in total. The van der Waals surface area contributed by atoms with Crippen molar-refractivity contribution >= 4 is 23.7 Å². The molecule has 7 heteroatoms. The third kappa shape index (κ3) is 4.02. The molecule has 152 valence electrons. The first-order chi connectivity index (χ1) is 13.6. The Morgan fingerprint density at radius 1 is 1.31 bits per heavy atom. The van der Waals surface area contributed by atoms with E-state index in [2.05, 4.69) is 11.2 Å². The number of terminal acetylenes is 1.